The third-order valence-electron chi connectivity index (χ3n) is 4.41. The molecule has 0 heterocycles. The van der Waals surface area contributed by atoms with E-state index >= 15 is 0 Å². The first kappa shape index (κ1) is 23.5. The number of sulfonamides is 1. The van der Waals surface area contributed by atoms with Gasteiger partial charge in [0, 0.05) is 22.8 Å². The van der Waals surface area contributed by atoms with E-state index in [0.717, 1.165) is 9.87 Å². The minimum atomic E-state index is -4.20. The Morgan fingerprint density at radius 1 is 1.06 bits per heavy atom. The maximum atomic E-state index is 13.4. The quantitative estimate of drug-likeness (QED) is 0.366. The van der Waals surface area contributed by atoms with Crippen LogP contribution < -0.4 is 9.62 Å². The third kappa shape index (κ3) is 5.37. The lowest BCUT2D eigenvalue weighted by molar-refractivity contribution is -0.384. The molecule has 0 unspecified atom stereocenters. The minimum Gasteiger partial charge on any atom is -0.324 e. The molecule has 166 valence electrons. The zero-order valence-corrected chi connectivity index (χ0v) is 19.0. The second kappa shape index (κ2) is 9.56. The molecule has 0 spiro atoms. The van der Waals surface area contributed by atoms with E-state index in [9.17, 15) is 23.3 Å². The van der Waals surface area contributed by atoms with Gasteiger partial charge < -0.3 is 5.32 Å². The Balaban J connectivity index is 1.98. The van der Waals surface area contributed by atoms with Crippen molar-refractivity contribution in [3.8, 4) is 0 Å². The zero-order valence-electron chi connectivity index (χ0n) is 16.7. The molecule has 0 aromatic heterocycles. The Morgan fingerprint density at radius 2 is 1.75 bits per heavy atom. The van der Waals surface area contributed by atoms with Gasteiger partial charge in [0.2, 0.25) is 5.91 Å². The molecule has 0 aliphatic rings. The number of anilines is 2. The van der Waals surface area contributed by atoms with E-state index in [1.165, 1.54) is 54.6 Å². The summed E-state index contributed by atoms with van der Waals surface area (Å²) in [5.74, 6) is -0.725. The van der Waals surface area contributed by atoms with Crippen molar-refractivity contribution in [3.63, 3.8) is 0 Å². The summed E-state index contributed by atoms with van der Waals surface area (Å²) >= 11 is 12.3. The normalized spacial score (nSPS) is 11.1. The lowest BCUT2D eigenvalue weighted by Gasteiger charge is -2.25. The maximum Gasteiger partial charge on any atom is 0.271 e. The predicted octanol–water partition coefficient (Wildman–Crippen LogP) is 5.04. The van der Waals surface area contributed by atoms with Crippen molar-refractivity contribution in [2.75, 3.05) is 16.2 Å². The smallest absolute Gasteiger partial charge is 0.271 e. The van der Waals surface area contributed by atoms with Crippen molar-refractivity contribution in [1.82, 2.24) is 0 Å². The monoisotopic (exact) mass is 493 g/mol. The number of carbonyl (C=O) groups is 1. The van der Waals surface area contributed by atoms with Gasteiger partial charge in [0.15, 0.2) is 0 Å². The van der Waals surface area contributed by atoms with Gasteiger partial charge >= 0.3 is 0 Å². The highest BCUT2D eigenvalue weighted by atomic mass is 35.5. The molecule has 0 atom stereocenters. The van der Waals surface area contributed by atoms with Crippen LogP contribution in [0.3, 0.4) is 0 Å². The van der Waals surface area contributed by atoms with Crippen LogP contribution >= 0.6 is 23.2 Å². The summed E-state index contributed by atoms with van der Waals surface area (Å²) in [7, 11) is -4.20. The van der Waals surface area contributed by atoms with Crippen LogP contribution in [0.5, 0.6) is 0 Å². The number of rotatable bonds is 7. The fourth-order valence-electron chi connectivity index (χ4n) is 2.84. The van der Waals surface area contributed by atoms with Crippen molar-refractivity contribution >= 4 is 56.2 Å². The van der Waals surface area contributed by atoms with Crippen molar-refractivity contribution in [2.45, 2.75) is 11.8 Å². The number of nitro groups is 1. The van der Waals surface area contributed by atoms with Gasteiger partial charge in [-0.05, 0) is 43.3 Å². The molecule has 1 amide bonds. The number of hydrogen-bond donors (Lipinski definition) is 1. The number of amides is 1. The number of benzene rings is 3. The Bertz CT molecular complexity index is 1280. The van der Waals surface area contributed by atoms with E-state index in [4.69, 9.17) is 23.2 Å². The molecule has 3 aromatic rings. The summed E-state index contributed by atoms with van der Waals surface area (Å²) in [5.41, 5.74) is 0.813. The second-order valence-electron chi connectivity index (χ2n) is 6.78. The molecule has 3 aromatic carbocycles. The number of nitro benzene ring substituents is 1. The molecule has 1 N–H and O–H groups in total. The third-order valence-corrected chi connectivity index (χ3v) is 6.74. The molecule has 0 radical (unpaired) electrons. The highest BCUT2D eigenvalue weighted by Crippen LogP contribution is 2.33. The maximum absolute atomic E-state index is 13.4. The average molecular weight is 494 g/mol. The molecule has 0 aliphatic carbocycles. The molecular formula is C21H17Cl2N3O5S. The number of aryl methyl sites for hydroxylation is 1. The van der Waals surface area contributed by atoms with Crippen LogP contribution in [0.15, 0.2) is 71.6 Å². The van der Waals surface area contributed by atoms with Gasteiger partial charge in [0.05, 0.1) is 20.5 Å². The molecule has 0 saturated carbocycles. The van der Waals surface area contributed by atoms with Crippen LogP contribution in [0.4, 0.5) is 17.1 Å². The summed E-state index contributed by atoms with van der Waals surface area (Å²) in [6.07, 6.45) is 0. The van der Waals surface area contributed by atoms with E-state index in [0.29, 0.717) is 0 Å². The van der Waals surface area contributed by atoms with Crippen LogP contribution in [-0.4, -0.2) is 25.8 Å². The van der Waals surface area contributed by atoms with E-state index < -0.39 is 27.4 Å². The number of nitrogens with one attached hydrogen (secondary N) is 1. The highest BCUT2D eigenvalue weighted by molar-refractivity contribution is 7.92. The summed E-state index contributed by atoms with van der Waals surface area (Å²) in [5, 5.41) is 13.7. The van der Waals surface area contributed by atoms with Crippen LogP contribution in [0, 0.1) is 17.0 Å². The van der Waals surface area contributed by atoms with Crippen LogP contribution in [0.1, 0.15) is 5.56 Å². The first-order valence-electron chi connectivity index (χ1n) is 9.17. The van der Waals surface area contributed by atoms with Gasteiger partial charge in [-0.15, -0.1) is 0 Å². The van der Waals surface area contributed by atoms with E-state index in [2.05, 4.69) is 5.32 Å². The number of nitrogens with zero attached hydrogens (tertiary/aromatic N) is 2. The SMILES string of the molecule is Cc1ccc(S(=O)(=O)N(CC(=O)Nc2cccc([N+](=O)[O-])c2)c2cc(Cl)ccc2Cl)cc1. The van der Waals surface area contributed by atoms with Gasteiger partial charge in [-0.3, -0.25) is 19.2 Å². The first-order chi connectivity index (χ1) is 15.1. The molecule has 0 bridgehead atoms. The Labute approximate surface area is 194 Å². The standard InChI is InChI=1S/C21H17Cl2N3O5S/c1-14-5-8-18(9-6-14)32(30,31)25(20-11-15(22)7-10-19(20)23)13-21(27)24-16-3-2-4-17(12-16)26(28)29/h2-12H,13H2,1H3,(H,24,27). The summed E-state index contributed by atoms with van der Waals surface area (Å²) in [6.45, 7) is 1.17. The molecule has 11 heteroatoms. The van der Waals surface area contributed by atoms with Gasteiger partial charge in [-0.1, -0.05) is 47.0 Å². The van der Waals surface area contributed by atoms with Gasteiger partial charge in [-0.25, -0.2) is 8.42 Å². The topological polar surface area (TPSA) is 110 Å². The van der Waals surface area contributed by atoms with Crippen LogP contribution in [0.25, 0.3) is 0 Å². The van der Waals surface area contributed by atoms with E-state index in [1.807, 2.05) is 6.92 Å². The molecule has 0 saturated heterocycles. The number of halogens is 2. The fourth-order valence-corrected chi connectivity index (χ4v) is 4.71. The Hall–Kier alpha value is -3.14. The average Bonchev–Trinajstić information content (AvgIpc) is 2.74. The Kier molecular flexibility index (Phi) is 7.02. The number of hydrogen-bond acceptors (Lipinski definition) is 5. The Morgan fingerprint density at radius 3 is 2.41 bits per heavy atom. The molecule has 0 fully saturated rings. The summed E-state index contributed by atoms with van der Waals surface area (Å²) in [4.78, 5) is 23.1. The minimum absolute atomic E-state index is 0.0222. The second-order valence-corrected chi connectivity index (χ2v) is 9.48. The van der Waals surface area contributed by atoms with Gasteiger partial charge in [0.1, 0.15) is 6.54 Å². The summed E-state index contributed by atoms with van der Waals surface area (Å²) in [6, 6.07) is 15.7. The first-order valence-corrected chi connectivity index (χ1v) is 11.4. The largest absolute Gasteiger partial charge is 0.324 e. The number of carbonyl (C=O) groups excluding carboxylic acids is 1. The summed E-state index contributed by atoms with van der Waals surface area (Å²) < 4.78 is 27.6. The lowest BCUT2D eigenvalue weighted by atomic mass is 10.2. The molecule has 8 nitrogen and oxygen atoms in total. The molecule has 0 aliphatic heterocycles. The van der Waals surface area contributed by atoms with Gasteiger partial charge in [-0.2, -0.15) is 0 Å². The molecule has 3 rings (SSSR count). The van der Waals surface area contributed by atoms with Crippen molar-refractivity contribution < 1.29 is 18.1 Å². The number of non-ortho nitro benzene ring substituents is 1. The van der Waals surface area contributed by atoms with Crippen molar-refractivity contribution in [1.29, 1.82) is 0 Å². The highest BCUT2D eigenvalue weighted by Gasteiger charge is 2.29. The van der Waals surface area contributed by atoms with Crippen molar-refractivity contribution in [3.05, 3.63) is 92.5 Å². The predicted molar refractivity (Wildman–Crippen MR) is 124 cm³/mol. The van der Waals surface area contributed by atoms with E-state index in [1.54, 1.807) is 12.1 Å². The van der Waals surface area contributed by atoms with Gasteiger partial charge in [0.25, 0.3) is 15.7 Å². The van der Waals surface area contributed by atoms with E-state index in [-0.39, 0.29) is 32.0 Å². The molecular weight excluding hydrogens is 477 g/mol. The lowest BCUT2D eigenvalue weighted by Crippen LogP contribution is -2.38. The van der Waals surface area contributed by atoms with Crippen LogP contribution in [0.2, 0.25) is 10.0 Å². The van der Waals surface area contributed by atoms with Crippen LogP contribution in [-0.2, 0) is 14.8 Å². The van der Waals surface area contributed by atoms with Crippen molar-refractivity contribution in [2.24, 2.45) is 0 Å². The molecule has 32 heavy (non-hydrogen) atoms. The fraction of sp³-hybridized carbons (Fsp3) is 0.0952. The zero-order chi connectivity index (χ0) is 23.5.